The van der Waals surface area contributed by atoms with E-state index in [1.165, 1.54) is 19.3 Å². The van der Waals surface area contributed by atoms with Gasteiger partial charge in [-0.3, -0.25) is 0 Å². The summed E-state index contributed by atoms with van der Waals surface area (Å²) in [4.78, 5) is 6.62. The predicted molar refractivity (Wildman–Crippen MR) is 69.6 cm³/mol. The molecule has 1 heterocycles. The molecule has 3 nitrogen and oxygen atoms in total. The zero-order valence-electron chi connectivity index (χ0n) is 10.6. The number of hydrogen-bond acceptors (Lipinski definition) is 3. The van der Waals surface area contributed by atoms with E-state index in [2.05, 4.69) is 29.9 Å². The molecular weight excluding hydrogens is 198 g/mol. The first-order valence-corrected chi connectivity index (χ1v) is 6.07. The van der Waals surface area contributed by atoms with Crippen molar-refractivity contribution >= 4 is 5.82 Å². The summed E-state index contributed by atoms with van der Waals surface area (Å²) in [6, 6.07) is 4.17. The van der Waals surface area contributed by atoms with E-state index in [4.69, 9.17) is 5.73 Å². The minimum atomic E-state index is 0.0620. The van der Waals surface area contributed by atoms with Crippen LogP contribution in [0.15, 0.2) is 18.3 Å². The van der Waals surface area contributed by atoms with Gasteiger partial charge in [0.05, 0.1) is 0 Å². The van der Waals surface area contributed by atoms with Crippen LogP contribution in [0.1, 0.15) is 44.7 Å². The largest absolute Gasteiger partial charge is 0.360 e. The van der Waals surface area contributed by atoms with E-state index in [9.17, 15) is 0 Å². The standard InChI is InChI=1S/C13H23N3/c1-4-5-6-9-16(3)13-8-7-12(10-15-13)11(2)14/h7-8,10-11H,4-6,9,14H2,1-3H3/t11-/m1/s1. The van der Waals surface area contributed by atoms with Gasteiger partial charge in [-0.15, -0.1) is 0 Å². The highest BCUT2D eigenvalue weighted by atomic mass is 15.2. The van der Waals surface area contributed by atoms with Crippen LogP contribution < -0.4 is 10.6 Å². The van der Waals surface area contributed by atoms with Crippen molar-refractivity contribution in [3.8, 4) is 0 Å². The Hall–Kier alpha value is -1.09. The number of rotatable bonds is 6. The molecule has 90 valence electrons. The van der Waals surface area contributed by atoms with Gasteiger partial charge in [-0.05, 0) is 25.0 Å². The van der Waals surface area contributed by atoms with Gasteiger partial charge in [-0.2, -0.15) is 0 Å². The normalized spacial score (nSPS) is 12.5. The second-order valence-electron chi connectivity index (χ2n) is 4.37. The van der Waals surface area contributed by atoms with Gasteiger partial charge in [0.25, 0.3) is 0 Å². The molecule has 0 saturated carbocycles. The highest BCUT2D eigenvalue weighted by molar-refractivity contribution is 5.38. The molecule has 16 heavy (non-hydrogen) atoms. The number of pyridine rings is 1. The molecule has 1 aromatic heterocycles. The summed E-state index contributed by atoms with van der Waals surface area (Å²) in [6.07, 6.45) is 5.63. The SMILES string of the molecule is CCCCCN(C)c1ccc([C@@H](C)N)cn1. The zero-order valence-corrected chi connectivity index (χ0v) is 10.6. The average molecular weight is 221 g/mol. The number of nitrogens with zero attached hydrogens (tertiary/aromatic N) is 2. The first-order valence-electron chi connectivity index (χ1n) is 6.07. The van der Waals surface area contributed by atoms with Crippen LogP contribution >= 0.6 is 0 Å². The van der Waals surface area contributed by atoms with Crippen molar-refractivity contribution in [2.45, 2.75) is 39.2 Å². The maximum atomic E-state index is 5.78. The third kappa shape index (κ3) is 3.81. The number of aromatic nitrogens is 1. The molecule has 0 fully saturated rings. The molecular formula is C13H23N3. The van der Waals surface area contributed by atoms with E-state index < -0.39 is 0 Å². The Labute approximate surface area is 98.7 Å². The van der Waals surface area contributed by atoms with Crippen molar-refractivity contribution in [3.63, 3.8) is 0 Å². The van der Waals surface area contributed by atoms with E-state index in [0.717, 1.165) is 17.9 Å². The van der Waals surface area contributed by atoms with Crippen LogP contribution in [0.25, 0.3) is 0 Å². The number of unbranched alkanes of at least 4 members (excludes halogenated alkanes) is 2. The summed E-state index contributed by atoms with van der Waals surface area (Å²) < 4.78 is 0. The van der Waals surface area contributed by atoms with Gasteiger partial charge in [-0.1, -0.05) is 25.8 Å². The van der Waals surface area contributed by atoms with Crippen molar-refractivity contribution in [2.75, 3.05) is 18.5 Å². The van der Waals surface area contributed by atoms with Gasteiger partial charge in [0.2, 0.25) is 0 Å². The van der Waals surface area contributed by atoms with Gasteiger partial charge in [-0.25, -0.2) is 4.98 Å². The number of nitrogens with two attached hydrogens (primary N) is 1. The third-order valence-electron chi connectivity index (χ3n) is 2.78. The van der Waals surface area contributed by atoms with Gasteiger partial charge < -0.3 is 10.6 Å². The molecule has 3 heteroatoms. The lowest BCUT2D eigenvalue weighted by Crippen LogP contribution is -2.19. The van der Waals surface area contributed by atoms with Crippen molar-refractivity contribution < 1.29 is 0 Å². The molecule has 0 radical (unpaired) electrons. The fourth-order valence-corrected chi connectivity index (χ4v) is 1.61. The molecule has 0 aliphatic carbocycles. The fraction of sp³-hybridized carbons (Fsp3) is 0.615. The number of anilines is 1. The molecule has 0 unspecified atom stereocenters. The smallest absolute Gasteiger partial charge is 0.128 e. The molecule has 2 N–H and O–H groups in total. The topological polar surface area (TPSA) is 42.1 Å². The average Bonchev–Trinajstić information content (AvgIpc) is 2.29. The molecule has 1 atom stereocenters. The molecule has 0 aliphatic heterocycles. The number of hydrogen-bond donors (Lipinski definition) is 1. The van der Waals surface area contributed by atoms with Crippen molar-refractivity contribution in [2.24, 2.45) is 5.73 Å². The van der Waals surface area contributed by atoms with E-state index in [1.807, 2.05) is 19.2 Å². The molecule has 1 rings (SSSR count). The van der Waals surface area contributed by atoms with Gasteiger partial charge >= 0.3 is 0 Å². The summed E-state index contributed by atoms with van der Waals surface area (Å²) in [5, 5.41) is 0. The predicted octanol–water partition coefficient (Wildman–Crippen LogP) is 2.73. The van der Waals surface area contributed by atoms with E-state index in [1.54, 1.807) is 0 Å². The molecule has 0 aromatic carbocycles. The van der Waals surface area contributed by atoms with E-state index in [-0.39, 0.29) is 6.04 Å². The van der Waals surface area contributed by atoms with Crippen LogP contribution in [-0.2, 0) is 0 Å². The van der Waals surface area contributed by atoms with Gasteiger partial charge in [0.15, 0.2) is 0 Å². The minimum absolute atomic E-state index is 0.0620. The second kappa shape index (κ2) is 6.48. The second-order valence-corrected chi connectivity index (χ2v) is 4.37. The Morgan fingerprint density at radius 1 is 1.38 bits per heavy atom. The Kier molecular flexibility index (Phi) is 5.26. The maximum absolute atomic E-state index is 5.78. The fourth-order valence-electron chi connectivity index (χ4n) is 1.61. The lowest BCUT2D eigenvalue weighted by atomic mass is 10.1. The summed E-state index contributed by atoms with van der Waals surface area (Å²) >= 11 is 0. The van der Waals surface area contributed by atoms with Crippen LogP contribution in [-0.4, -0.2) is 18.6 Å². The summed E-state index contributed by atoms with van der Waals surface area (Å²) in [5.41, 5.74) is 6.87. The quantitative estimate of drug-likeness (QED) is 0.751. The Morgan fingerprint density at radius 3 is 2.62 bits per heavy atom. The summed E-state index contributed by atoms with van der Waals surface area (Å²) in [6.45, 7) is 5.26. The van der Waals surface area contributed by atoms with Gasteiger partial charge in [0.1, 0.15) is 5.82 Å². The van der Waals surface area contributed by atoms with E-state index in [0.29, 0.717) is 0 Å². The monoisotopic (exact) mass is 221 g/mol. The first-order chi connectivity index (χ1) is 7.65. The zero-order chi connectivity index (χ0) is 12.0. The summed E-state index contributed by atoms with van der Waals surface area (Å²) in [7, 11) is 2.09. The highest BCUT2D eigenvalue weighted by Crippen LogP contribution is 2.14. The molecule has 0 spiro atoms. The molecule has 0 amide bonds. The Balaban J connectivity index is 2.52. The van der Waals surface area contributed by atoms with Crippen LogP contribution in [0, 0.1) is 0 Å². The summed E-state index contributed by atoms with van der Waals surface area (Å²) in [5.74, 6) is 1.03. The minimum Gasteiger partial charge on any atom is -0.360 e. The van der Waals surface area contributed by atoms with Crippen molar-refractivity contribution in [1.29, 1.82) is 0 Å². The van der Waals surface area contributed by atoms with Gasteiger partial charge in [0, 0.05) is 25.8 Å². The third-order valence-corrected chi connectivity index (χ3v) is 2.78. The van der Waals surface area contributed by atoms with Crippen LogP contribution in [0.4, 0.5) is 5.82 Å². The Bertz CT molecular complexity index is 293. The molecule has 1 aromatic rings. The lowest BCUT2D eigenvalue weighted by Gasteiger charge is -2.18. The lowest BCUT2D eigenvalue weighted by molar-refractivity contribution is 0.700. The van der Waals surface area contributed by atoms with Crippen LogP contribution in [0.3, 0.4) is 0 Å². The maximum Gasteiger partial charge on any atom is 0.128 e. The first kappa shape index (κ1) is 13.0. The van der Waals surface area contributed by atoms with E-state index >= 15 is 0 Å². The van der Waals surface area contributed by atoms with Crippen LogP contribution in [0.2, 0.25) is 0 Å². The van der Waals surface area contributed by atoms with Crippen molar-refractivity contribution in [1.82, 2.24) is 4.98 Å². The van der Waals surface area contributed by atoms with Crippen molar-refractivity contribution in [3.05, 3.63) is 23.9 Å². The molecule has 0 aliphatic rings. The van der Waals surface area contributed by atoms with Crippen LogP contribution in [0.5, 0.6) is 0 Å². The molecule has 0 saturated heterocycles. The Morgan fingerprint density at radius 2 is 2.12 bits per heavy atom. The highest BCUT2D eigenvalue weighted by Gasteiger charge is 2.03. The molecule has 0 bridgehead atoms.